The van der Waals surface area contributed by atoms with E-state index in [1.165, 1.54) is 5.69 Å². The Hall–Kier alpha value is -2.86. The average Bonchev–Trinajstić information content (AvgIpc) is 2.73. The van der Waals surface area contributed by atoms with Crippen molar-refractivity contribution in [2.24, 2.45) is 5.73 Å². The summed E-state index contributed by atoms with van der Waals surface area (Å²) in [5.74, 6) is 2.10. The lowest BCUT2D eigenvalue weighted by molar-refractivity contribution is 0.397. The maximum absolute atomic E-state index is 6.00. The molecule has 0 amide bonds. The fraction of sp³-hybridized carbons (Fsp3) is 0.333. The lowest BCUT2D eigenvalue weighted by Gasteiger charge is -2.32. The molecule has 1 fully saturated rings. The van der Waals surface area contributed by atoms with Gasteiger partial charge >= 0.3 is 0 Å². The van der Waals surface area contributed by atoms with Gasteiger partial charge in [-0.05, 0) is 37.1 Å². The Morgan fingerprint density at radius 1 is 1.04 bits per heavy atom. The summed E-state index contributed by atoms with van der Waals surface area (Å²) in [6, 6.07) is 12.5. The number of nitrogens with zero attached hydrogens (tertiary/aromatic N) is 3. The smallest absolute Gasteiger partial charge is 0.159 e. The second-order valence-electron chi connectivity index (χ2n) is 6.83. The van der Waals surface area contributed by atoms with Crippen LogP contribution in [0.3, 0.4) is 0 Å². The van der Waals surface area contributed by atoms with E-state index in [1.54, 1.807) is 20.4 Å². The first kappa shape index (κ1) is 17.5. The van der Waals surface area contributed by atoms with Crippen molar-refractivity contribution in [2.75, 3.05) is 32.2 Å². The topological polar surface area (TPSA) is 73.5 Å². The molecule has 0 spiro atoms. The molecule has 0 bridgehead atoms. The number of aromatic nitrogens is 2. The van der Waals surface area contributed by atoms with E-state index < -0.39 is 0 Å². The Labute approximate surface area is 158 Å². The van der Waals surface area contributed by atoms with E-state index in [4.69, 9.17) is 20.2 Å². The Morgan fingerprint density at radius 2 is 1.78 bits per heavy atom. The minimum atomic E-state index is 0.334. The van der Waals surface area contributed by atoms with Crippen LogP contribution < -0.4 is 20.1 Å². The third-order valence-corrected chi connectivity index (χ3v) is 5.12. The highest BCUT2D eigenvalue weighted by molar-refractivity contribution is 5.87. The van der Waals surface area contributed by atoms with Gasteiger partial charge in [-0.15, -0.1) is 0 Å². The quantitative estimate of drug-likeness (QED) is 0.766. The number of ether oxygens (including phenoxy) is 2. The van der Waals surface area contributed by atoms with Gasteiger partial charge in [0.2, 0.25) is 0 Å². The van der Waals surface area contributed by atoms with Gasteiger partial charge < -0.3 is 20.1 Å². The van der Waals surface area contributed by atoms with Gasteiger partial charge in [-0.25, -0.2) is 9.97 Å². The second kappa shape index (κ2) is 7.40. The number of methoxy groups -OCH3 is 2. The molecule has 0 saturated carbocycles. The first-order valence-corrected chi connectivity index (χ1v) is 9.17. The largest absolute Gasteiger partial charge is 0.497 e. The summed E-state index contributed by atoms with van der Waals surface area (Å²) in [6.45, 7) is 2.01. The van der Waals surface area contributed by atoms with Gasteiger partial charge in [-0.3, -0.25) is 0 Å². The predicted octanol–water partition coefficient (Wildman–Crippen LogP) is 3.24. The maximum Gasteiger partial charge on any atom is 0.159 e. The van der Waals surface area contributed by atoms with Gasteiger partial charge in [0.25, 0.3) is 0 Å². The molecule has 0 radical (unpaired) electrons. The molecule has 2 N–H and O–H groups in total. The zero-order valence-corrected chi connectivity index (χ0v) is 15.7. The molecular formula is C21H24N4O2. The fourth-order valence-corrected chi connectivity index (χ4v) is 3.48. The van der Waals surface area contributed by atoms with Crippen LogP contribution in [0.15, 0.2) is 42.6 Å². The molecule has 6 nitrogen and oxygen atoms in total. The Bertz CT molecular complexity index is 935. The van der Waals surface area contributed by atoms with Crippen molar-refractivity contribution in [1.29, 1.82) is 0 Å². The number of hydrogen-bond acceptors (Lipinski definition) is 6. The van der Waals surface area contributed by atoms with Crippen LogP contribution >= 0.6 is 0 Å². The summed E-state index contributed by atoms with van der Waals surface area (Å²) in [6.07, 6.45) is 3.88. The second-order valence-corrected chi connectivity index (χ2v) is 6.83. The summed E-state index contributed by atoms with van der Waals surface area (Å²) in [5, 5.41) is 0.864. The van der Waals surface area contributed by atoms with Crippen LogP contribution in [0.4, 0.5) is 5.69 Å². The number of benzene rings is 2. The molecule has 0 atom stereocenters. The predicted molar refractivity (Wildman–Crippen MR) is 108 cm³/mol. The van der Waals surface area contributed by atoms with Crippen molar-refractivity contribution < 1.29 is 9.47 Å². The minimum Gasteiger partial charge on any atom is -0.497 e. The molecule has 1 aromatic heterocycles. The van der Waals surface area contributed by atoms with E-state index in [0.29, 0.717) is 23.4 Å². The minimum absolute atomic E-state index is 0.334. The first-order chi connectivity index (χ1) is 13.2. The average molecular weight is 364 g/mol. The van der Waals surface area contributed by atoms with E-state index in [2.05, 4.69) is 34.1 Å². The molecule has 0 aliphatic carbocycles. The van der Waals surface area contributed by atoms with Crippen LogP contribution in [-0.4, -0.2) is 43.3 Å². The van der Waals surface area contributed by atoms with Crippen molar-refractivity contribution in [3.05, 3.63) is 42.6 Å². The molecule has 140 valence electrons. The monoisotopic (exact) mass is 364 g/mol. The first-order valence-electron chi connectivity index (χ1n) is 9.17. The van der Waals surface area contributed by atoms with Crippen molar-refractivity contribution in [1.82, 2.24) is 9.97 Å². The van der Waals surface area contributed by atoms with Crippen molar-refractivity contribution in [3.63, 3.8) is 0 Å². The van der Waals surface area contributed by atoms with Crippen LogP contribution in [0.25, 0.3) is 22.3 Å². The Balaban J connectivity index is 1.64. The molecule has 3 aromatic rings. The number of piperidine rings is 1. The maximum atomic E-state index is 6.00. The fourth-order valence-electron chi connectivity index (χ4n) is 3.48. The summed E-state index contributed by atoms with van der Waals surface area (Å²) < 4.78 is 10.8. The molecule has 2 heterocycles. The van der Waals surface area contributed by atoms with E-state index in [0.717, 1.165) is 42.4 Å². The normalized spacial score (nSPS) is 15.1. The van der Waals surface area contributed by atoms with E-state index in [-0.39, 0.29) is 0 Å². The van der Waals surface area contributed by atoms with Gasteiger partial charge in [0, 0.05) is 48.7 Å². The highest BCUT2D eigenvalue weighted by Crippen LogP contribution is 2.31. The van der Waals surface area contributed by atoms with Crippen molar-refractivity contribution in [3.8, 4) is 22.9 Å². The number of nitrogens with two attached hydrogens (primary N) is 1. The molecule has 1 saturated heterocycles. The highest BCUT2D eigenvalue weighted by Gasteiger charge is 2.16. The number of rotatable bonds is 4. The van der Waals surface area contributed by atoms with Crippen molar-refractivity contribution in [2.45, 2.75) is 18.9 Å². The standard InChI is InChI=1S/C21H24N4O2/c1-26-17-11-19-18(20(12-17)27-2)13-23-21(24-19)14-3-5-16(6-4-14)25-9-7-15(22)8-10-25/h3-6,11-13,15H,7-10,22H2,1-2H3. The number of fused-ring (bicyclic) bond motifs is 1. The van der Waals surface area contributed by atoms with E-state index in [9.17, 15) is 0 Å². The molecule has 1 aliphatic rings. The van der Waals surface area contributed by atoms with Gasteiger partial charge in [-0.1, -0.05) is 0 Å². The SMILES string of the molecule is COc1cc(OC)c2cnc(-c3ccc(N4CCC(N)CC4)cc3)nc2c1. The molecular weight excluding hydrogens is 340 g/mol. The summed E-state index contributed by atoms with van der Waals surface area (Å²) in [5.41, 5.74) is 9.00. The third kappa shape index (κ3) is 3.53. The Morgan fingerprint density at radius 3 is 2.44 bits per heavy atom. The molecule has 1 aliphatic heterocycles. The Kier molecular flexibility index (Phi) is 4.81. The van der Waals surface area contributed by atoms with Gasteiger partial charge in [0.1, 0.15) is 11.5 Å². The van der Waals surface area contributed by atoms with Crippen LogP contribution in [0.5, 0.6) is 11.5 Å². The van der Waals surface area contributed by atoms with Crippen LogP contribution in [-0.2, 0) is 0 Å². The molecule has 2 aromatic carbocycles. The number of hydrogen-bond donors (Lipinski definition) is 1. The lowest BCUT2D eigenvalue weighted by Crippen LogP contribution is -2.39. The van der Waals surface area contributed by atoms with Crippen LogP contribution in [0, 0.1) is 0 Å². The summed E-state index contributed by atoms with van der Waals surface area (Å²) in [7, 11) is 3.27. The van der Waals surface area contributed by atoms with Crippen molar-refractivity contribution >= 4 is 16.6 Å². The molecule has 4 rings (SSSR count). The van der Waals surface area contributed by atoms with Gasteiger partial charge in [0.05, 0.1) is 25.1 Å². The third-order valence-electron chi connectivity index (χ3n) is 5.12. The highest BCUT2D eigenvalue weighted by atomic mass is 16.5. The molecule has 6 heteroatoms. The van der Waals surface area contributed by atoms with E-state index >= 15 is 0 Å². The zero-order chi connectivity index (χ0) is 18.8. The summed E-state index contributed by atoms with van der Waals surface area (Å²) >= 11 is 0. The van der Waals surface area contributed by atoms with Gasteiger partial charge in [-0.2, -0.15) is 0 Å². The lowest BCUT2D eigenvalue weighted by atomic mass is 10.0. The molecule has 27 heavy (non-hydrogen) atoms. The van der Waals surface area contributed by atoms with Crippen LogP contribution in [0.2, 0.25) is 0 Å². The zero-order valence-electron chi connectivity index (χ0n) is 15.7. The van der Waals surface area contributed by atoms with Crippen LogP contribution in [0.1, 0.15) is 12.8 Å². The number of anilines is 1. The molecule has 0 unspecified atom stereocenters. The van der Waals surface area contributed by atoms with Gasteiger partial charge in [0.15, 0.2) is 5.82 Å². The van der Waals surface area contributed by atoms with E-state index in [1.807, 2.05) is 12.1 Å². The summed E-state index contributed by atoms with van der Waals surface area (Å²) in [4.78, 5) is 11.6.